The molecule has 1 N–H and O–H groups in total. The fourth-order valence-corrected chi connectivity index (χ4v) is 7.11. The quantitative estimate of drug-likeness (QED) is 0.379. The summed E-state index contributed by atoms with van der Waals surface area (Å²) in [5.41, 5.74) is -1.93. The number of nitrogens with zero attached hydrogens (tertiary/aromatic N) is 3. The van der Waals surface area contributed by atoms with Crippen LogP contribution in [0.4, 0.5) is 0 Å². The first-order chi connectivity index (χ1) is 17.4. The minimum Gasteiger partial charge on any atom is -0.394 e. The molecule has 0 aliphatic carbocycles. The Bertz CT molecular complexity index is 906. The van der Waals surface area contributed by atoms with E-state index in [0.29, 0.717) is 32.4 Å². The van der Waals surface area contributed by atoms with Crippen LogP contribution in [-0.4, -0.2) is 93.6 Å². The number of amides is 3. The van der Waals surface area contributed by atoms with E-state index < -0.39 is 35.1 Å². The summed E-state index contributed by atoms with van der Waals surface area (Å²) < 4.78 is 6.74. The smallest absolute Gasteiger partial charge is 0.248 e. The first kappa shape index (κ1) is 29.4. The zero-order valence-electron chi connectivity index (χ0n) is 23.6. The van der Waals surface area contributed by atoms with Crippen LogP contribution in [0.25, 0.3) is 0 Å². The van der Waals surface area contributed by atoms with E-state index in [-0.39, 0.29) is 36.3 Å². The molecule has 0 radical (unpaired) electrons. The van der Waals surface area contributed by atoms with Gasteiger partial charge in [-0.1, -0.05) is 39.3 Å². The van der Waals surface area contributed by atoms with Gasteiger partial charge in [0.1, 0.15) is 11.6 Å². The molecule has 3 unspecified atom stereocenters. The summed E-state index contributed by atoms with van der Waals surface area (Å²) in [7, 11) is 1.71. The van der Waals surface area contributed by atoms with E-state index in [4.69, 9.17) is 4.74 Å². The standard InChI is InChI=1S/C29H47N3O5/c1-9-12-20(6)31(16-11-3)27(36)24-29-14-13-28(7,37-29)22(25(34)30(8)15-10-2)23(29)26(35)32(24)21(18-33)17-19(4)5/h10-11,19-24,33H,2-3,9,12-18H2,1,4-8H3/t20?,21-,22-,23+,24?,28+,29?/m1/s1. The third-order valence-electron chi connectivity index (χ3n) is 8.69. The van der Waals surface area contributed by atoms with Crippen LogP contribution in [0.1, 0.15) is 66.7 Å². The van der Waals surface area contributed by atoms with Crippen molar-refractivity contribution in [2.75, 3.05) is 26.7 Å². The number of likely N-dealkylation sites (N-methyl/N-ethyl adjacent to an activating group) is 1. The molecule has 208 valence electrons. The molecule has 3 saturated heterocycles. The molecule has 7 atom stereocenters. The number of fused-ring (bicyclic) bond motifs is 1. The molecule has 3 aliphatic heterocycles. The topological polar surface area (TPSA) is 90.4 Å². The Balaban J connectivity index is 2.15. The molecule has 0 aromatic rings. The molecule has 3 amide bonds. The summed E-state index contributed by atoms with van der Waals surface area (Å²) in [5.74, 6) is -1.87. The Kier molecular flexibility index (Phi) is 8.95. The van der Waals surface area contributed by atoms with Crippen LogP contribution in [0, 0.1) is 17.8 Å². The van der Waals surface area contributed by atoms with Crippen LogP contribution < -0.4 is 0 Å². The Morgan fingerprint density at radius 1 is 1.19 bits per heavy atom. The van der Waals surface area contributed by atoms with Crippen molar-refractivity contribution < 1.29 is 24.2 Å². The van der Waals surface area contributed by atoms with Crippen molar-refractivity contribution in [1.82, 2.24) is 14.7 Å². The number of aliphatic hydroxyl groups excluding tert-OH is 1. The van der Waals surface area contributed by atoms with E-state index in [1.807, 2.05) is 27.7 Å². The Labute approximate surface area is 222 Å². The van der Waals surface area contributed by atoms with Crippen molar-refractivity contribution in [1.29, 1.82) is 0 Å². The number of hydrogen-bond donors (Lipinski definition) is 1. The zero-order valence-corrected chi connectivity index (χ0v) is 23.6. The number of hydrogen-bond acceptors (Lipinski definition) is 5. The second-order valence-electron chi connectivity index (χ2n) is 11.9. The van der Waals surface area contributed by atoms with Gasteiger partial charge in [-0.15, -0.1) is 13.2 Å². The average Bonchev–Trinajstić information content (AvgIpc) is 3.41. The fourth-order valence-electron chi connectivity index (χ4n) is 7.11. The van der Waals surface area contributed by atoms with Crippen molar-refractivity contribution >= 4 is 17.7 Å². The maximum Gasteiger partial charge on any atom is 0.248 e. The molecule has 3 aliphatic rings. The molecule has 3 fully saturated rings. The summed E-state index contributed by atoms with van der Waals surface area (Å²) in [4.78, 5) is 47.5. The lowest BCUT2D eigenvalue weighted by molar-refractivity contribution is -0.157. The Morgan fingerprint density at radius 2 is 1.84 bits per heavy atom. The van der Waals surface area contributed by atoms with Gasteiger partial charge in [0.15, 0.2) is 0 Å². The number of carbonyl (C=O) groups excluding carboxylic acids is 3. The molecule has 0 aromatic heterocycles. The van der Waals surface area contributed by atoms with E-state index in [1.165, 1.54) is 0 Å². The van der Waals surface area contributed by atoms with Gasteiger partial charge in [-0.25, -0.2) is 0 Å². The van der Waals surface area contributed by atoms with Gasteiger partial charge in [-0.2, -0.15) is 0 Å². The van der Waals surface area contributed by atoms with Gasteiger partial charge in [0.25, 0.3) is 0 Å². The second-order valence-corrected chi connectivity index (χ2v) is 11.9. The van der Waals surface area contributed by atoms with Gasteiger partial charge in [0, 0.05) is 26.2 Å². The van der Waals surface area contributed by atoms with E-state index >= 15 is 0 Å². The van der Waals surface area contributed by atoms with Gasteiger partial charge in [-0.3, -0.25) is 14.4 Å². The van der Waals surface area contributed by atoms with Crippen molar-refractivity contribution in [3.05, 3.63) is 25.3 Å². The summed E-state index contributed by atoms with van der Waals surface area (Å²) >= 11 is 0. The van der Waals surface area contributed by atoms with Crippen molar-refractivity contribution in [3.8, 4) is 0 Å². The first-order valence-electron chi connectivity index (χ1n) is 13.8. The highest BCUT2D eigenvalue weighted by Crippen LogP contribution is 2.64. The predicted molar refractivity (Wildman–Crippen MR) is 144 cm³/mol. The molecule has 1 spiro atoms. The van der Waals surface area contributed by atoms with Gasteiger partial charge < -0.3 is 24.5 Å². The van der Waals surface area contributed by atoms with Crippen LogP contribution in [0.15, 0.2) is 25.3 Å². The Morgan fingerprint density at radius 3 is 2.38 bits per heavy atom. The van der Waals surface area contributed by atoms with Crippen LogP contribution >= 0.6 is 0 Å². The van der Waals surface area contributed by atoms with E-state index in [0.717, 1.165) is 12.8 Å². The molecular weight excluding hydrogens is 470 g/mol. The third kappa shape index (κ3) is 4.87. The molecule has 3 rings (SSSR count). The Hall–Kier alpha value is -2.19. The summed E-state index contributed by atoms with van der Waals surface area (Å²) in [6, 6.07) is -1.49. The normalized spacial score (nSPS) is 31.8. The summed E-state index contributed by atoms with van der Waals surface area (Å²) in [5, 5.41) is 10.4. The second kappa shape index (κ2) is 11.3. The van der Waals surface area contributed by atoms with Crippen LogP contribution in [0.5, 0.6) is 0 Å². The van der Waals surface area contributed by atoms with Crippen LogP contribution in [-0.2, 0) is 19.1 Å². The molecule has 37 heavy (non-hydrogen) atoms. The molecular formula is C29H47N3O5. The lowest BCUT2D eigenvalue weighted by atomic mass is 9.66. The predicted octanol–water partition coefficient (Wildman–Crippen LogP) is 3.01. The minimum absolute atomic E-state index is 0.0501. The number of ether oxygens (including phenoxy) is 1. The molecule has 0 saturated carbocycles. The van der Waals surface area contributed by atoms with Gasteiger partial charge >= 0.3 is 0 Å². The van der Waals surface area contributed by atoms with Crippen molar-refractivity contribution in [3.63, 3.8) is 0 Å². The first-order valence-corrected chi connectivity index (χ1v) is 13.8. The van der Waals surface area contributed by atoms with Gasteiger partial charge in [-0.05, 0) is 45.4 Å². The minimum atomic E-state index is -1.10. The number of carbonyl (C=O) groups is 3. The monoisotopic (exact) mass is 517 g/mol. The SMILES string of the molecule is C=CCN(C)C(=O)[C@H]1[C@H]2C(=O)N([C@@H](CO)CC(C)C)C(C(=O)N(CC=C)C(C)CCC)C23CC[C@]1(C)O3. The van der Waals surface area contributed by atoms with Gasteiger partial charge in [0.05, 0.1) is 30.1 Å². The largest absolute Gasteiger partial charge is 0.394 e. The van der Waals surface area contributed by atoms with E-state index in [2.05, 4.69) is 20.1 Å². The highest BCUT2D eigenvalue weighted by molar-refractivity contribution is 5.99. The van der Waals surface area contributed by atoms with Crippen LogP contribution in [0.3, 0.4) is 0 Å². The molecule has 2 bridgehead atoms. The maximum atomic E-state index is 14.5. The van der Waals surface area contributed by atoms with E-state index in [9.17, 15) is 19.5 Å². The molecule has 0 aromatic carbocycles. The summed E-state index contributed by atoms with van der Waals surface area (Å²) in [6.07, 6.45) is 6.76. The number of rotatable bonds is 13. The average molecular weight is 518 g/mol. The zero-order chi connectivity index (χ0) is 27.7. The number of likely N-dealkylation sites (tertiary alicyclic amines) is 1. The molecule has 8 heteroatoms. The third-order valence-corrected chi connectivity index (χ3v) is 8.69. The maximum absolute atomic E-state index is 14.5. The van der Waals surface area contributed by atoms with Gasteiger partial charge in [0.2, 0.25) is 17.7 Å². The van der Waals surface area contributed by atoms with Crippen molar-refractivity contribution in [2.45, 2.75) is 96.1 Å². The molecule has 8 nitrogen and oxygen atoms in total. The highest BCUT2D eigenvalue weighted by Gasteiger charge is 2.78. The van der Waals surface area contributed by atoms with Crippen molar-refractivity contribution in [2.24, 2.45) is 17.8 Å². The fraction of sp³-hybridized carbons (Fsp3) is 0.759. The number of aliphatic hydroxyl groups is 1. The lowest BCUT2D eigenvalue weighted by Crippen LogP contribution is -2.60. The molecule has 3 heterocycles. The lowest BCUT2D eigenvalue weighted by Gasteiger charge is -2.41. The highest BCUT2D eigenvalue weighted by atomic mass is 16.5. The van der Waals surface area contributed by atoms with Crippen LogP contribution in [0.2, 0.25) is 0 Å². The summed E-state index contributed by atoms with van der Waals surface area (Å²) in [6.45, 7) is 18.1. The van der Waals surface area contributed by atoms with E-state index in [1.54, 1.807) is 33.9 Å².